The standard InChI is InChI=1S/C6H9NO3S/c1-4(8)7-2-3-11-5(7)6(9)10/h5H,2-3H2,1H3,(H,9,10). The van der Waals surface area contributed by atoms with E-state index in [0.29, 0.717) is 6.54 Å². The molecule has 1 fully saturated rings. The van der Waals surface area contributed by atoms with Gasteiger partial charge in [0.25, 0.3) is 0 Å². The Balaban J connectivity index is 2.65. The second-order valence-corrected chi connectivity index (χ2v) is 3.46. The minimum absolute atomic E-state index is 0.164. The normalized spacial score (nSPS) is 23.7. The molecule has 1 rings (SSSR count). The first-order valence-electron chi connectivity index (χ1n) is 3.24. The molecule has 1 heterocycles. The van der Waals surface area contributed by atoms with E-state index in [2.05, 4.69) is 0 Å². The Morgan fingerprint density at radius 3 is 2.64 bits per heavy atom. The highest BCUT2D eigenvalue weighted by Gasteiger charge is 2.32. The van der Waals surface area contributed by atoms with Gasteiger partial charge in [-0.3, -0.25) is 4.79 Å². The van der Waals surface area contributed by atoms with Gasteiger partial charge in [-0.25, -0.2) is 4.79 Å². The van der Waals surface area contributed by atoms with Gasteiger partial charge in [-0.2, -0.15) is 0 Å². The molecule has 0 bridgehead atoms. The van der Waals surface area contributed by atoms with E-state index in [1.807, 2.05) is 0 Å². The molecule has 0 spiro atoms. The number of rotatable bonds is 1. The van der Waals surface area contributed by atoms with Crippen LogP contribution < -0.4 is 0 Å². The lowest BCUT2D eigenvalue weighted by atomic mass is 10.4. The van der Waals surface area contributed by atoms with Crippen LogP contribution in [0.4, 0.5) is 0 Å². The average molecular weight is 175 g/mol. The van der Waals surface area contributed by atoms with Gasteiger partial charge in [0.15, 0.2) is 5.37 Å². The Bertz CT molecular complexity index is 174. The lowest BCUT2D eigenvalue weighted by Gasteiger charge is -2.17. The van der Waals surface area contributed by atoms with Gasteiger partial charge in [-0.1, -0.05) is 0 Å². The Labute approximate surface area is 68.6 Å². The largest absolute Gasteiger partial charge is 0.479 e. The maximum absolute atomic E-state index is 10.8. The lowest BCUT2D eigenvalue weighted by Crippen LogP contribution is -2.37. The molecule has 1 N–H and O–H groups in total. The molecule has 0 radical (unpaired) electrons. The fraction of sp³-hybridized carbons (Fsp3) is 0.667. The molecule has 1 atom stereocenters. The van der Waals surface area contributed by atoms with Crippen molar-refractivity contribution in [3.63, 3.8) is 0 Å². The second-order valence-electron chi connectivity index (χ2n) is 2.27. The fourth-order valence-corrected chi connectivity index (χ4v) is 2.10. The van der Waals surface area contributed by atoms with Crippen LogP contribution in [0, 0.1) is 0 Å². The molecule has 0 aromatic heterocycles. The van der Waals surface area contributed by atoms with E-state index in [1.165, 1.54) is 23.6 Å². The first kappa shape index (κ1) is 8.39. The van der Waals surface area contributed by atoms with Crippen LogP contribution in [-0.2, 0) is 9.59 Å². The molecule has 1 amide bonds. The van der Waals surface area contributed by atoms with E-state index in [9.17, 15) is 9.59 Å². The van der Waals surface area contributed by atoms with Gasteiger partial charge < -0.3 is 10.0 Å². The van der Waals surface area contributed by atoms with Crippen molar-refractivity contribution in [2.45, 2.75) is 12.3 Å². The summed E-state index contributed by atoms with van der Waals surface area (Å²) in [6, 6.07) is 0. The molecule has 1 aliphatic rings. The lowest BCUT2D eigenvalue weighted by molar-refractivity contribution is -0.144. The minimum atomic E-state index is -0.928. The Morgan fingerprint density at radius 2 is 2.27 bits per heavy atom. The van der Waals surface area contributed by atoms with E-state index in [1.54, 1.807) is 0 Å². The molecule has 0 aromatic carbocycles. The van der Waals surface area contributed by atoms with Crippen LogP contribution in [0.25, 0.3) is 0 Å². The van der Waals surface area contributed by atoms with E-state index in [4.69, 9.17) is 5.11 Å². The van der Waals surface area contributed by atoms with Gasteiger partial charge in [0.1, 0.15) is 0 Å². The molecule has 11 heavy (non-hydrogen) atoms. The number of aliphatic carboxylic acids is 1. The third-order valence-corrected chi connectivity index (χ3v) is 2.70. The van der Waals surface area contributed by atoms with Gasteiger partial charge in [0.2, 0.25) is 5.91 Å². The van der Waals surface area contributed by atoms with Crippen LogP contribution in [0.3, 0.4) is 0 Å². The zero-order chi connectivity index (χ0) is 8.43. The first-order chi connectivity index (χ1) is 5.13. The van der Waals surface area contributed by atoms with E-state index < -0.39 is 11.3 Å². The van der Waals surface area contributed by atoms with Crippen LogP contribution in [0.15, 0.2) is 0 Å². The fourth-order valence-electron chi connectivity index (χ4n) is 0.997. The summed E-state index contributed by atoms with van der Waals surface area (Å²) in [5, 5.41) is 7.96. The van der Waals surface area contributed by atoms with Gasteiger partial charge in [0, 0.05) is 19.2 Å². The van der Waals surface area contributed by atoms with Crippen molar-refractivity contribution in [1.29, 1.82) is 0 Å². The molecule has 0 aliphatic carbocycles. The maximum atomic E-state index is 10.8. The number of amides is 1. The smallest absolute Gasteiger partial charge is 0.337 e. The minimum Gasteiger partial charge on any atom is -0.479 e. The van der Waals surface area contributed by atoms with Gasteiger partial charge >= 0.3 is 5.97 Å². The molecule has 1 unspecified atom stereocenters. The van der Waals surface area contributed by atoms with Gasteiger partial charge in [-0.05, 0) is 0 Å². The van der Waals surface area contributed by atoms with Crippen molar-refractivity contribution in [3.8, 4) is 0 Å². The first-order valence-corrected chi connectivity index (χ1v) is 4.29. The van der Waals surface area contributed by atoms with Crippen LogP contribution >= 0.6 is 11.8 Å². The summed E-state index contributed by atoms with van der Waals surface area (Å²) in [5.74, 6) is -0.374. The number of carbonyl (C=O) groups is 2. The number of carboxylic acid groups (broad SMARTS) is 1. The van der Waals surface area contributed by atoms with Gasteiger partial charge in [0.05, 0.1) is 0 Å². The monoisotopic (exact) mass is 175 g/mol. The highest BCUT2D eigenvalue weighted by atomic mass is 32.2. The van der Waals surface area contributed by atoms with Crippen LogP contribution in [0.2, 0.25) is 0 Å². The highest BCUT2D eigenvalue weighted by molar-refractivity contribution is 8.00. The number of thioether (sulfide) groups is 1. The van der Waals surface area contributed by atoms with Crippen molar-refractivity contribution in [2.24, 2.45) is 0 Å². The number of carbonyl (C=O) groups excluding carboxylic acids is 1. The SMILES string of the molecule is CC(=O)N1CCSC1C(=O)O. The molecule has 0 aromatic rings. The average Bonchev–Trinajstić information content (AvgIpc) is 2.32. The van der Waals surface area contributed by atoms with E-state index in [0.717, 1.165) is 5.75 Å². The molecule has 5 heteroatoms. The second kappa shape index (κ2) is 3.13. The topological polar surface area (TPSA) is 57.6 Å². The van der Waals surface area contributed by atoms with Crippen molar-refractivity contribution in [1.82, 2.24) is 4.90 Å². The molecular weight excluding hydrogens is 166 g/mol. The number of hydrogen-bond donors (Lipinski definition) is 1. The van der Waals surface area contributed by atoms with Crippen molar-refractivity contribution in [2.75, 3.05) is 12.3 Å². The highest BCUT2D eigenvalue weighted by Crippen LogP contribution is 2.23. The summed E-state index contributed by atoms with van der Waals surface area (Å²) < 4.78 is 0. The summed E-state index contributed by atoms with van der Waals surface area (Å²) in [7, 11) is 0. The van der Waals surface area contributed by atoms with E-state index in [-0.39, 0.29) is 5.91 Å². The summed E-state index contributed by atoms with van der Waals surface area (Å²) >= 11 is 1.29. The Hall–Kier alpha value is -0.710. The molecule has 1 aliphatic heterocycles. The summed E-state index contributed by atoms with van der Waals surface area (Å²) in [4.78, 5) is 22.7. The van der Waals surface area contributed by atoms with E-state index >= 15 is 0 Å². The van der Waals surface area contributed by atoms with Crippen LogP contribution in [0.1, 0.15) is 6.92 Å². The summed E-state index contributed by atoms with van der Waals surface area (Å²) in [6.07, 6.45) is 0. The van der Waals surface area contributed by atoms with Crippen LogP contribution in [0.5, 0.6) is 0 Å². The summed E-state index contributed by atoms with van der Waals surface area (Å²) in [5.41, 5.74) is 0. The Kier molecular flexibility index (Phi) is 2.38. The molecule has 0 saturated carbocycles. The molecule has 62 valence electrons. The third-order valence-electron chi connectivity index (χ3n) is 1.51. The van der Waals surface area contributed by atoms with Crippen molar-refractivity contribution < 1.29 is 14.7 Å². The maximum Gasteiger partial charge on any atom is 0.337 e. The Morgan fingerprint density at radius 1 is 1.64 bits per heavy atom. The summed E-state index contributed by atoms with van der Waals surface area (Å²) in [6.45, 7) is 1.94. The van der Waals surface area contributed by atoms with Crippen molar-refractivity contribution in [3.05, 3.63) is 0 Å². The predicted octanol–water partition coefficient (Wildman–Crippen LogP) is -0.00760. The van der Waals surface area contributed by atoms with Crippen LogP contribution in [-0.4, -0.2) is 39.6 Å². The molecular formula is C6H9NO3S. The number of carboxylic acids is 1. The third kappa shape index (κ3) is 1.65. The zero-order valence-corrected chi connectivity index (χ0v) is 6.93. The predicted molar refractivity (Wildman–Crippen MR) is 41.3 cm³/mol. The van der Waals surface area contributed by atoms with Crippen molar-refractivity contribution >= 4 is 23.6 Å². The zero-order valence-electron chi connectivity index (χ0n) is 6.11. The number of hydrogen-bond acceptors (Lipinski definition) is 3. The number of nitrogens with zero attached hydrogens (tertiary/aromatic N) is 1. The quantitative estimate of drug-likeness (QED) is 0.609. The molecule has 1 saturated heterocycles. The van der Waals surface area contributed by atoms with Gasteiger partial charge in [-0.15, -0.1) is 11.8 Å². The molecule has 4 nitrogen and oxygen atoms in total.